The Morgan fingerprint density at radius 3 is 2.64 bits per heavy atom. The molecule has 1 fully saturated rings. The molecule has 1 aromatic carbocycles. The van der Waals surface area contributed by atoms with E-state index in [0.717, 1.165) is 17.1 Å². The molecule has 1 amide bonds. The van der Waals surface area contributed by atoms with E-state index >= 15 is 0 Å². The molecule has 6 heteroatoms. The van der Waals surface area contributed by atoms with Crippen LogP contribution in [-0.4, -0.2) is 55.1 Å². The molecule has 22 heavy (non-hydrogen) atoms. The fourth-order valence-electron chi connectivity index (χ4n) is 2.11. The van der Waals surface area contributed by atoms with Gasteiger partial charge in [-0.3, -0.25) is 9.59 Å². The van der Waals surface area contributed by atoms with Gasteiger partial charge in [0.2, 0.25) is 5.91 Å². The van der Waals surface area contributed by atoms with E-state index in [1.54, 1.807) is 18.1 Å². The van der Waals surface area contributed by atoms with E-state index in [0.29, 0.717) is 13.1 Å². The summed E-state index contributed by atoms with van der Waals surface area (Å²) in [7, 11) is 2.98. The van der Waals surface area contributed by atoms with Crippen LogP contribution in [0.4, 0.5) is 0 Å². The van der Waals surface area contributed by atoms with E-state index in [1.165, 1.54) is 24.9 Å². The minimum atomic E-state index is -0.294. The lowest BCUT2D eigenvalue weighted by molar-refractivity contribution is -0.140. The van der Waals surface area contributed by atoms with Crippen molar-refractivity contribution >= 4 is 29.7 Å². The molecule has 118 valence electrons. The van der Waals surface area contributed by atoms with Gasteiger partial charge in [-0.2, -0.15) is 0 Å². The predicted molar refractivity (Wildman–Crippen MR) is 86.9 cm³/mol. The van der Waals surface area contributed by atoms with Crippen molar-refractivity contribution in [2.75, 3.05) is 33.1 Å². The third kappa shape index (κ3) is 4.27. The highest BCUT2D eigenvalue weighted by molar-refractivity contribution is 8.00. The monoisotopic (exact) mass is 321 g/mol. The Labute approximate surface area is 134 Å². The molecule has 1 atom stereocenters. The lowest BCUT2D eigenvalue weighted by Crippen LogP contribution is -2.44. The molecule has 0 aliphatic carbocycles. The van der Waals surface area contributed by atoms with E-state index in [1.807, 2.05) is 24.3 Å². The van der Waals surface area contributed by atoms with Gasteiger partial charge >= 0.3 is 5.97 Å². The first kappa shape index (κ1) is 16.4. The van der Waals surface area contributed by atoms with Gasteiger partial charge in [0.1, 0.15) is 11.0 Å². The number of rotatable bonds is 4. The molecular weight excluding hydrogens is 302 g/mol. The minimum Gasteiger partial charge on any atom is -0.497 e. The van der Waals surface area contributed by atoms with Crippen LogP contribution in [0.3, 0.4) is 0 Å². The molecule has 0 spiro atoms. The summed E-state index contributed by atoms with van der Waals surface area (Å²) >= 11 is 1.53. The Morgan fingerprint density at radius 1 is 1.27 bits per heavy atom. The van der Waals surface area contributed by atoms with E-state index in [-0.39, 0.29) is 17.1 Å². The maximum absolute atomic E-state index is 12.2. The number of carbonyl (C=O) groups excluding carboxylic acids is 2. The zero-order chi connectivity index (χ0) is 15.9. The van der Waals surface area contributed by atoms with Crippen LogP contribution in [0.2, 0.25) is 0 Å². The number of hydrogen-bond donors (Lipinski definition) is 0. The average molecular weight is 321 g/mol. The molecule has 0 saturated carbocycles. The average Bonchev–Trinajstić information content (AvgIpc) is 2.59. The fourth-order valence-corrected chi connectivity index (χ4v) is 3.24. The van der Waals surface area contributed by atoms with Gasteiger partial charge < -0.3 is 14.4 Å². The summed E-state index contributed by atoms with van der Waals surface area (Å²) in [4.78, 5) is 25.4. The maximum atomic E-state index is 12.2. The number of carbonyl (C=O) groups is 2. The van der Waals surface area contributed by atoms with Gasteiger partial charge in [0.15, 0.2) is 0 Å². The highest BCUT2D eigenvalue weighted by atomic mass is 32.2. The number of amides is 1. The fraction of sp³-hybridized carbons (Fsp3) is 0.375. The summed E-state index contributed by atoms with van der Waals surface area (Å²) in [6.45, 7) is 1.03. The van der Waals surface area contributed by atoms with Gasteiger partial charge in [-0.1, -0.05) is 12.1 Å². The standard InChI is InChI=1S/C16H19NO4S/c1-20-13-6-3-12(4-7-13)5-8-15(18)17-9-10-22-14(11-17)16(19)21-2/h3-8,14H,9-11H2,1-2H3/b8-5+/t14-/m1/s1. The molecule has 1 saturated heterocycles. The van der Waals surface area contributed by atoms with E-state index in [9.17, 15) is 9.59 Å². The number of hydrogen-bond acceptors (Lipinski definition) is 5. The third-order valence-electron chi connectivity index (χ3n) is 3.38. The van der Waals surface area contributed by atoms with Crippen LogP contribution in [-0.2, 0) is 14.3 Å². The summed E-state index contributed by atoms with van der Waals surface area (Å²) in [5, 5.41) is -0.294. The topological polar surface area (TPSA) is 55.8 Å². The zero-order valence-electron chi connectivity index (χ0n) is 12.7. The van der Waals surface area contributed by atoms with Crippen molar-refractivity contribution in [1.82, 2.24) is 4.90 Å². The van der Waals surface area contributed by atoms with E-state index in [2.05, 4.69) is 0 Å². The van der Waals surface area contributed by atoms with Crippen molar-refractivity contribution in [2.24, 2.45) is 0 Å². The van der Waals surface area contributed by atoms with Gasteiger partial charge in [0, 0.05) is 24.9 Å². The van der Waals surface area contributed by atoms with Crippen molar-refractivity contribution in [1.29, 1.82) is 0 Å². The Balaban J connectivity index is 1.95. The molecule has 0 unspecified atom stereocenters. The number of esters is 1. The second-order valence-corrected chi connectivity index (χ2v) is 6.08. The first-order chi connectivity index (χ1) is 10.6. The normalized spacial score (nSPS) is 18.3. The largest absolute Gasteiger partial charge is 0.497 e. The van der Waals surface area contributed by atoms with Gasteiger partial charge in [-0.05, 0) is 23.8 Å². The van der Waals surface area contributed by atoms with Crippen LogP contribution in [0.15, 0.2) is 30.3 Å². The molecule has 2 rings (SSSR count). The third-order valence-corrected chi connectivity index (χ3v) is 4.54. The van der Waals surface area contributed by atoms with Gasteiger partial charge in [-0.25, -0.2) is 0 Å². The van der Waals surface area contributed by atoms with Crippen molar-refractivity contribution in [2.45, 2.75) is 5.25 Å². The van der Waals surface area contributed by atoms with Gasteiger partial charge in [-0.15, -0.1) is 11.8 Å². The summed E-state index contributed by atoms with van der Waals surface area (Å²) in [5.74, 6) is 1.14. The van der Waals surface area contributed by atoms with Crippen molar-refractivity contribution in [3.8, 4) is 5.75 Å². The Morgan fingerprint density at radius 2 is 2.00 bits per heavy atom. The van der Waals surface area contributed by atoms with Crippen molar-refractivity contribution in [3.05, 3.63) is 35.9 Å². The molecule has 5 nitrogen and oxygen atoms in total. The summed E-state index contributed by atoms with van der Waals surface area (Å²) in [5.41, 5.74) is 0.921. The second kappa shape index (κ2) is 7.89. The van der Waals surface area contributed by atoms with Crippen LogP contribution >= 0.6 is 11.8 Å². The summed E-state index contributed by atoms with van der Waals surface area (Å²) in [6, 6.07) is 7.45. The number of thioether (sulfide) groups is 1. The molecule has 1 aliphatic rings. The maximum Gasteiger partial charge on any atom is 0.320 e. The first-order valence-corrected chi connectivity index (χ1v) is 7.99. The molecule has 1 aliphatic heterocycles. The molecule has 0 bridgehead atoms. The SMILES string of the molecule is COC(=O)[C@H]1CN(C(=O)/C=C/c2ccc(OC)cc2)CCS1. The lowest BCUT2D eigenvalue weighted by Gasteiger charge is -2.30. The zero-order valence-corrected chi connectivity index (χ0v) is 13.5. The number of nitrogens with zero attached hydrogens (tertiary/aromatic N) is 1. The highest BCUT2D eigenvalue weighted by Crippen LogP contribution is 2.20. The Hall–Kier alpha value is -1.95. The molecule has 0 aromatic heterocycles. The first-order valence-electron chi connectivity index (χ1n) is 6.94. The van der Waals surface area contributed by atoms with E-state index in [4.69, 9.17) is 9.47 Å². The molecule has 0 N–H and O–H groups in total. The van der Waals surface area contributed by atoms with Crippen LogP contribution in [0.5, 0.6) is 5.75 Å². The van der Waals surface area contributed by atoms with Crippen molar-refractivity contribution in [3.63, 3.8) is 0 Å². The molecule has 1 aromatic rings. The smallest absolute Gasteiger partial charge is 0.320 e. The molecular formula is C16H19NO4S. The van der Waals surface area contributed by atoms with Crippen molar-refractivity contribution < 1.29 is 19.1 Å². The Bertz CT molecular complexity index is 556. The number of benzene rings is 1. The molecule has 1 heterocycles. The van der Waals surface area contributed by atoms with Gasteiger partial charge in [0.25, 0.3) is 0 Å². The lowest BCUT2D eigenvalue weighted by atomic mass is 10.2. The van der Waals surface area contributed by atoms with E-state index < -0.39 is 0 Å². The minimum absolute atomic E-state index is 0.0926. The van der Waals surface area contributed by atoms with Crippen LogP contribution < -0.4 is 4.74 Å². The summed E-state index contributed by atoms with van der Waals surface area (Å²) < 4.78 is 9.83. The Kier molecular flexibility index (Phi) is 5.89. The van der Waals surface area contributed by atoms with Crippen LogP contribution in [0.25, 0.3) is 6.08 Å². The van der Waals surface area contributed by atoms with Crippen LogP contribution in [0.1, 0.15) is 5.56 Å². The second-order valence-electron chi connectivity index (χ2n) is 4.77. The van der Waals surface area contributed by atoms with Gasteiger partial charge in [0.05, 0.1) is 14.2 Å². The van der Waals surface area contributed by atoms with Crippen LogP contribution in [0, 0.1) is 0 Å². The number of ether oxygens (including phenoxy) is 2. The molecule has 0 radical (unpaired) electrons. The summed E-state index contributed by atoms with van der Waals surface area (Å²) in [6.07, 6.45) is 3.29. The predicted octanol–water partition coefficient (Wildman–Crippen LogP) is 1.83. The quantitative estimate of drug-likeness (QED) is 0.625. The highest BCUT2D eigenvalue weighted by Gasteiger charge is 2.28. The number of methoxy groups -OCH3 is 2.